The SMILES string of the molecule is C#CC(c1ccccc1)c1ccc(N(C)C)cc1. The van der Waals surface area contributed by atoms with Crippen LogP contribution in [-0.4, -0.2) is 14.1 Å². The van der Waals surface area contributed by atoms with Crippen molar-refractivity contribution in [1.29, 1.82) is 0 Å². The zero-order valence-electron chi connectivity index (χ0n) is 10.8. The molecule has 90 valence electrons. The predicted molar refractivity (Wildman–Crippen MR) is 77.9 cm³/mol. The van der Waals surface area contributed by atoms with E-state index in [0.29, 0.717) is 0 Å². The minimum absolute atomic E-state index is 0.0300. The van der Waals surface area contributed by atoms with Crippen LogP contribution in [0.4, 0.5) is 5.69 Å². The van der Waals surface area contributed by atoms with E-state index < -0.39 is 0 Å². The molecule has 1 atom stereocenters. The molecule has 2 rings (SSSR count). The molecule has 0 heterocycles. The minimum atomic E-state index is 0.0300. The smallest absolute Gasteiger partial charge is 0.0699 e. The van der Waals surface area contributed by atoms with Crippen LogP contribution in [0.3, 0.4) is 0 Å². The summed E-state index contributed by atoms with van der Waals surface area (Å²) in [5.41, 5.74) is 3.51. The fraction of sp³-hybridized carbons (Fsp3) is 0.176. The summed E-state index contributed by atoms with van der Waals surface area (Å²) < 4.78 is 0. The first kappa shape index (κ1) is 12.3. The zero-order chi connectivity index (χ0) is 13.0. The Hall–Kier alpha value is -2.20. The maximum absolute atomic E-state index is 5.67. The van der Waals surface area contributed by atoms with Crippen LogP contribution >= 0.6 is 0 Å². The second-order valence-corrected chi connectivity index (χ2v) is 4.50. The molecule has 1 heteroatoms. The highest BCUT2D eigenvalue weighted by atomic mass is 15.1. The van der Waals surface area contributed by atoms with Gasteiger partial charge in [0.05, 0.1) is 5.92 Å². The molecule has 0 spiro atoms. The first-order valence-electron chi connectivity index (χ1n) is 6.00. The van der Waals surface area contributed by atoms with Crippen molar-refractivity contribution in [1.82, 2.24) is 0 Å². The quantitative estimate of drug-likeness (QED) is 0.736. The van der Waals surface area contributed by atoms with Crippen LogP contribution in [0, 0.1) is 12.3 Å². The van der Waals surface area contributed by atoms with Crippen molar-refractivity contribution in [3.63, 3.8) is 0 Å². The van der Waals surface area contributed by atoms with Crippen LogP contribution < -0.4 is 4.90 Å². The summed E-state index contributed by atoms with van der Waals surface area (Å²) in [5.74, 6) is 2.90. The van der Waals surface area contributed by atoms with Crippen LogP contribution in [0.15, 0.2) is 54.6 Å². The molecule has 0 aliphatic carbocycles. The third-order valence-corrected chi connectivity index (χ3v) is 3.04. The molecule has 0 radical (unpaired) electrons. The van der Waals surface area contributed by atoms with Crippen molar-refractivity contribution < 1.29 is 0 Å². The van der Waals surface area contributed by atoms with E-state index in [2.05, 4.69) is 47.2 Å². The van der Waals surface area contributed by atoms with Crippen molar-refractivity contribution >= 4 is 5.69 Å². The maximum Gasteiger partial charge on any atom is 0.0699 e. The molecule has 0 saturated heterocycles. The first-order chi connectivity index (χ1) is 8.72. The average Bonchev–Trinajstić information content (AvgIpc) is 2.41. The summed E-state index contributed by atoms with van der Waals surface area (Å²) in [6, 6.07) is 18.6. The van der Waals surface area contributed by atoms with Gasteiger partial charge in [-0.25, -0.2) is 0 Å². The predicted octanol–water partition coefficient (Wildman–Crippen LogP) is 3.52. The molecule has 18 heavy (non-hydrogen) atoms. The first-order valence-corrected chi connectivity index (χ1v) is 6.00. The third-order valence-electron chi connectivity index (χ3n) is 3.04. The van der Waals surface area contributed by atoms with Crippen molar-refractivity contribution in [2.45, 2.75) is 5.92 Å². The molecule has 0 saturated carbocycles. The van der Waals surface area contributed by atoms with E-state index in [-0.39, 0.29) is 5.92 Å². The minimum Gasteiger partial charge on any atom is -0.378 e. The fourth-order valence-electron chi connectivity index (χ4n) is 2.00. The molecule has 0 bridgehead atoms. The summed E-state index contributed by atoms with van der Waals surface area (Å²) in [4.78, 5) is 2.08. The summed E-state index contributed by atoms with van der Waals surface area (Å²) in [5, 5.41) is 0. The molecule has 2 aromatic rings. The number of hydrogen-bond donors (Lipinski definition) is 0. The Balaban J connectivity index is 2.32. The van der Waals surface area contributed by atoms with Gasteiger partial charge in [0.2, 0.25) is 0 Å². The fourth-order valence-corrected chi connectivity index (χ4v) is 2.00. The number of terminal acetylenes is 1. The number of benzene rings is 2. The van der Waals surface area contributed by atoms with Gasteiger partial charge in [-0.05, 0) is 23.3 Å². The Labute approximate surface area is 109 Å². The van der Waals surface area contributed by atoms with E-state index in [0.717, 1.165) is 11.1 Å². The monoisotopic (exact) mass is 235 g/mol. The average molecular weight is 235 g/mol. The summed E-state index contributed by atoms with van der Waals surface area (Å²) in [6.07, 6.45) is 5.67. The Morgan fingerprint density at radius 3 is 1.94 bits per heavy atom. The molecule has 2 aromatic carbocycles. The van der Waals surface area contributed by atoms with Gasteiger partial charge in [0, 0.05) is 19.8 Å². The lowest BCUT2D eigenvalue weighted by atomic mass is 9.92. The van der Waals surface area contributed by atoms with Gasteiger partial charge >= 0.3 is 0 Å². The van der Waals surface area contributed by atoms with E-state index >= 15 is 0 Å². The highest BCUT2D eigenvalue weighted by Crippen LogP contribution is 2.25. The van der Waals surface area contributed by atoms with Crippen LogP contribution in [0.25, 0.3) is 0 Å². The van der Waals surface area contributed by atoms with Crippen molar-refractivity contribution in [3.05, 3.63) is 65.7 Å². The summed E-state index contributed by atoms with van der Waals surface area (Å²) >= 11 is 0. The van der Waals surface area contributed by atoms with E-state index in [9.17, 15) is 0 Å². The van der Waals surface area contributed by atoms with Gasteiger partial charge in [-0.2, -0.15) is 0 Å². The molecule has 1 unspecified atom stereocenters. The Morgan fingerprint density at radius 2 is 1.44 bits per heavy atom. The molecule has 0 aromatic heterocycles. The molecule has 0 N–H and O–H groups in total. The van der Waals surface area contributed by atoms with Crippen LogP contribution in [0.2, 0.25) is 0 Å². The number of anilines is 1. The van der Waals surface area contributed by atoms with Crippen molar-refractivity contribution in [2.24, 2.45) is 0 Å². The van der Waals surface area contributed by atoms with E-state index in [1.807, 2.05) is 32.3 Å². The topological polar surface area (TPSA) is 3.24 Å². The van der Waals surface area contributed by atoms with Gasteiger partial charge in [0.1, 0.15) is 0 Å². The largest absolute Gasteiger partial charge is 0.378 e. The van der Waals surface area contributed by atoms with Gasteiger partial charge in [-0.15, -0.1) is 6.42 Å². The van der Waals surface area contributed by atoms with E-state index in [1.165, 1.54) is 5.69 Å². The standard InChI is InChI=1S/C17H17N/c1-4-17(14-8-6-5-7-9-14)15-10-12-16(13-11-15)18(2)3/h1,5-13,17H,2-3H3. The summed E-state index contributed by atoms with van der Waals surface area (Å²) in [6.45, 7) is 0. The summed E-state index contributed by atoms with van der Waals surface area (Å²) in [7, 11) is 4.07. The van der Waals surface area contributed by atoms with Crippen molar-refractivity contribution in [2.75, 3.05) is 19.0 Å². The zero-order valence-corrected chi connectivity index (χ0v) is 10.8. The molecule has 0 fully saturated rings. The third kappa shape index (κ3) is 2.55. The van der Waals surface area contributed by atoms with E-state index in [4.69, 9.17) is 6.42 Å². The number of nitrogens with zero attached hydrogens (tertiary/aromatic N) is 1. The second-order valence-electron chi connectivity index (χ2n) is 4.50. The lowest BCUT2D eigenvalue weighted by Gasteiger charge is -2.15. The van der Waals surface area contributed by atoms with Gasteiger partial charge in [0.15, 0.2) is 0 Å². The lowest BCUT2D eigenvalue weighted by Crippen LogP contribution is -2.08. The molecule has 0 aliphatic rings. The highest BCUT2D eigenvalue weighted by Gasteiger charge is 2.10. The van der Waals surface area contributed by atoms with Gasteiger partial charge in [0.25, 0.3) is 0 Å². The molecular weight excluding hydrogens is 218 g/mol. The Kier molecular flexibility index (Phi) is 3.69. The molecular formula is C17H17N. The normalized spacial score (nSPS) is 11.6. The van der Waals surface area contributed by atoms with Crippen LogP contribution in [-0.2, 0) is 0 Å². The Bertz CT molecular complexity index is 532. The van der Waals surface area contributed by atoms with Crippen molar-refractivity contribution in [3.8, 4) is 12.3 Å². The molecule has 1 nitrogen and oxygen atoms in total. The number of rotatable bonds is 3. The van der Waals surface area contributed by atoms with Crippen LogP contribution in [0.5, 0.6) is 0 Å². The van der Waals surface area contributed by atoms with Gasteiger partial charge in [-0.1, -0.05) is 48.4 Å². The highest BCUT2D eigenvalue weighted by molar-refractivity contribution is 5.49. The van der Waals surface area contributed by atoms with Gasteiger partial charge < -0.3 is 4.90 Å². The van der Waals surface area contributed by atoms with E-state index in [1.54, 1.807) is 0 Å². The Morgan fingerprint density at radius 1 is 0.889 bits per heavy atom. The second kappa shape index (κ2) is 5.42. The molecule has 0 aliphatic heterocycles. The molecule has 0 amide bonds. The maximum atomic E-state index is 5.67. The lowest BCUT2D eigenvalue weighted by molar-refractivity contribution is 1.06. The van der Waals surface area contributed by atoms with Crippen LogP contribution in [0.1, 0.15) is 17.0 Å². The van der Waals surface area contributed by atoms with Gasteiger partial charge in [-0.3, -0.25) is 0 Å². The number of hydrogen-bond acceptors (Lipinski definition) is 1.